The van der Waals surface area contributed by atoms with Gasteiger partial charge in [-0.15, -0.1) is 11.3 Å². The summed E-state index contributed by atoms with van der Waals surface area (Å²) in [7, 11) is 1.62. The van der Waals surface area contributed by atoms with E-state index in [9.17, 15) is 4.79 Å². The first-order valence-corrected chi connectivity index (χ1v) is 8.12. The summed E-state index contributed by atoms with van der Waals surface area (Å²) < 4.78 is 5.19. The van der Waals surface area contributed by atoms with Crippen LogP contribution in [-0.4, -0.2) is 31.0 Å². The molecule has 0 aliphatic carbocycles. The molecule has 1 fully saturated rings. The maximum atomic E-state index is 12.5. The van der Waals surface area contributed by atoms with Crippen molar-refractivity contribution < 1.29 is 9.53 Å². The van der Waals surface area contributed by atoms with Gasteiger partial charge >= 0.3 is 0 Å². The maximum Gasteiger partial charge on any atom is 0.253 e. The second kappa shape index (κ2) is 6.31. The van der Waals surface area contributed by atoms with Crippen LogP contribution in [0.4, 0.5) is 0 Å². The molecule has 0 unspecified atom stereocenters. The van der Waals surface area contributed by atoms with Gasteiger partial charge in [-0.25, -0.2) is 0 Å². The number of benzene rings is 1. The Morgan fingerprint density at radius 2 is 2.05 bits per heavy atom. The van der Waals surface area contributed by atoms with Crippen LogP contribution < -0.4 is 4.74 Å². The molecule has 21 heavy (non-hydrogen) atoms. The minimum atomic E-state index is 0.110. The predicted octanol–water partition coefficient (Wildman–Crippen LogP) is 3.78. The van der Waals surface area contributed by atoms with Gasteiger partial charge < -0.3 is 9.64 Å². The number of likely N-dealkylation sites (tertiary alicyclic amines) is 1. The molecule has 1 aromatic heterocycles. The topological polar surface area (TPSA) is 29.5 Å². The standard InChI is InChI=1S/C17H19NO2S/c1-20-15-5-2-4-14(12-15)17(19)18-9-7-13(8-10-18)16-6-3-11-21-16/h2-6,11-13H,7-10H2,1H3. The molecule has 0 saturated carbocycles. The number of ether oxygens (including phenoxy) is 1. The normalized spacial score (nSPS) is 16.0. The van der Waals surface area contributed by atoms with Crippen LogP contribution in [0.1, 0.15) is 34.0 Å². The van der Waals surface area contributed by atoms with Gasteiger partial charge in [0.15, 0.2) is 0 Å². The molecule has 0 N–H and O–H groups in total. The first-order chi connectivity index (χ1) is 10.3. The molecule has 1 aromatic carbocycles. The Bertz CT molecular complexity index is 601. The maximum absolute atomic E-state index is 12.5. The van der Waals surface area contributed by atoms with Crippen molar-refractivity contribution in [2.75, 3.05) is 20.2 Å². The summed E-state index contributed by atoms with van der Waals surface area (Å²) >= 11 is 1.82. The number of nitrogens with zero attached hydrogens (tertiary/aromatic N) is 1. The van der Waals surface area contributed by atoms with Crippen molar-refractivity contribution in [1.82, 2.24) is 4.90 Å². The largest absolute Gasteiger partial charge is 0.497 e. The number of methoxy groups -OCH3 is 1. The van der Waals surface area contributed by atoms with E-state index in [0.717, 1.165) is 31.7 Å². The zero-order valence-electron chi connectivity index (χ0n) is 12.1. The highest BCUT2D eigenvalue weighted by Crippen LogP contribution is 2.31. The summed E-state index contributed by atoms with van der Waals surface area (Å²) in [6.07, 6.45) is 2.10. The highest BCUT2D eigenvalue weighted by molar-refractivity contribution is 7.10. The smallest absolute Gasteiger partial charge is 0.253 e. The van der Waals surface area contributed by atoms with Crippen LogP contribution in [0.15, 0.2) is 41.8 Å². The molecule has 0 bridgehead atoms. The number of rotatable bonds is 3. The number of thiophene rings is 1. The summed E-state index contributed by atoms with van der Waals surface area (Å²) in [5, 5.41) is 2.13. The van der Waals surface area contributed by atoms with Crippen molar-refractivity contribution in [1.29, 1.82) is 0 Å². The van der Waals surface area contributed by atoms with Gasteiger partial charge in [-0.3, -0.25) is 4.79 Å². The van der Waals surface area contributed by atoms with Crippen LogP contribution in [0.3, 0.4) is 0 Å². The molecular formula is C17H19NO2S. The van der Waals surface area contributed by atoms with Crippen LogP contribution in [0.5, 0.6) is 5.75 Å². The minimum absolute atomic E-state index is 0.110. The van der Waals surface area contributed by atoms with Crippen molar-refractivity contribution in [3.63, 3.8) is 0 Å². The number of hydrogen-bond donors (Lipinski definition) is 0. The van der Waals surface area contributed by atoms with Crippen molar-refractivity contribution in [2.45, 2.75) is 18.8 Å². The SMILES string of the molecule is COc1cccc(C(=O)N2CCC(c3cccs3)CC2)c1. The van der Waals surface area contributed by atoms with Crippen LogP contribution in [0, 0.1) is 0 Å². The highest BCUT2D eigenvalue weighted by Gasteiger charge is 2.25. The van der Waals surface area contributed by atoms with Gasteiger partial charge in [-0.05, 0) is 48.4 Å². The zero-order valence-corrected chi connectivity index (χ0v) is 12.9. The average Bonchev–Trinajstić information content (AvgIpc) is 3.09. The van der Waals surface area contributed by atoms with E-state index >= 15 is 0 Å². The first-order valence-electron chi connectivity index (χ1n) is 7.24. The van der Waals surface area contributed by atoms with E-state index in [4.69, 9.17) is 4.74 Å². The van der Waals surface area contributed by atoms with Gasteiger partial charge in [0.1, 0.15) is 5.75 Å². The summed E-state index contributed by atoms with van der Waals surface area (Å²) in [6, 6.07) is 11.7. The lowest BCUT2D eigenvalue weighted by Gasteiger charge is -2.31. The Hall–Kier alpha value is -1.81. The van der Waals surface area contributed by atoms with Crippen LogP contribution in [0.25, 0.3) is 0 Å². The van der Waals surface area contributed by atoms with Gasteiger partial charge in [0.05, 0.1) is 7.11 Å². The summed E-state index contributed by atoms with van der Waals surface area (Å²) in [6.45, 7) is 1.66. The molecule has 4 heteroatoms. The molecule has 2 aromatic rings. The third-order valence-corrected chi connectivity index (χ3v) is 5.08. The monoisotopic (exact) mass is 301 g/mol. The van der Waals surface area contributed by atoms with Crippen LogP contribution >= 0.6 is 11.3 Å². The Balaban J connectivity index is 1.64. The summed E-state index contributed by atoms with van der Waals surface area (Å²) in [4.78, 5) is 15.9. The summed E-state index contributed by atoms with van der Waals surface area (Å²) in [5.74, 6) is 1.45. The van der Waals surface area contributed by atoms with E-state index in [1.807, 2.05) is 40.5 Å². The molecule has 110 valence electrons. The van der Waals surface area contributed by atoms with E-state index < -0.39 is 0 Å². The Morgan fingerprint density at radius 3 is 2.71 bits per heavy atom. The fraction of sp³-hybridized carbons (Fsp3) is 0.353. The molecule has 0 atom stereocenters. The van der Waals surface area contributed by atoms with E-state index in [1.54, 1.807) is 7.11 Å². The van der Waals surface area contributed by atoms with E-state index in [2.05, 4.69) is 17.5 Å². The fourth-order valence-corrected chi connectivity index (χ4v) is 3.73. The number of hydrogen-bond acceptors (Lipinski definition) is 3. The molecule has 0 spiro atoms. The number of carbonyl (C=O) groups excluding carboxylic acids is 1. The van der Waals surface area contributed by atoms with Gasteiger partial charge in [-0.1, -0.05) is 12.1 Å². The van der Waals surface area contributed by atoms with Gasteiger partial charge in [0, 0.05) is 23.5 Å². The van der Waals surface area contributed by atoms with E-state index in [1.165, 1.54) is 4.88 Å². The Kier molecular flexibility index (Phi) is 4.25. The Morgan fingerprint density at radius 1 is 1.24 bits per heavy atom. The third kappa shape index (κ3) is 3.10. The molecule has 2 heterocycles. The number of carbonyl (C=O) groups is 1. The fourth-order valence-electron chi connectivity index (χ4n) is 2.83. The van der Waals surface area contributed by atoms with Crippen molar-refractivity contribution in [3.8, 4) is 5.75 Å². The lowest BCUT2D eigenvalue weighted by Crippen LogP contribution is -2.37. The van der Waals surface area contributed by atoms with Gasteiger partial charge in [-0.2, -0.15) is 0 Å². The van der Waals surface area contributed by atoms with Crippen molar-refractivity contribution in [3.05, 3.63) is 52.2 Å². The molecule has 1 saturated heterocycles. The summed E-state index contributed by atoms with van der Waals surface area (Å²) in [5.41, 5.74) is 0.712. The quantitative estimate of drug-likeness (QED) is 0.863. The zero-order chi connectivity index (χ0) is 14.7. The second-order valence-electron chi connectivity index (χ2n) is 5.31. The molecule has 1 aliphatic rings. The van der Waals surface area contributed by atoms with Gasteiger partial charge in [0.25, 0.3) is 5.91 Å². The molecular weight excluding hydrogens is 282 g/mol. The predicted molar refractivity (Wildman–Crippen MR) is 85.2 cm³/mol. The molecule has 1 amide bonds. The molecule has 3 nitrogen and oxygen atoms in total. The lowest BCUT2D eigenvalue weighted by atomic mass is 9.95. The lowest BCUT2D eigenvalue weighted by molar-refractivity contribution is 0.0713. The van der Waals surface area contributed by atoms with Crippen LogP contribution in [-0.2, 0) is 0 Å². The minimum Gasteiger partial charge on any atom is -0.497 e. The van der Waals surface area contributed by atoms with E-state index in [0.29, 0.717) is 11.5 Å². The third-order valence-electron chi connectivity index (χ3n) is 4.04. The molecule has 0 radical (unpaired) electrons. The number of piperidine rings is 1. The Labute approximate surface area is 129 Å². The van der Waals surface area contributed by atoms with E-state index in [-0.39, 0.29) is 5.91 Å². The average molecular weight is 301 g/mol. The molecule has 1 aliphatic heterocycles. The second-order valence-corrected chi connectivity index (χ2v) is 6.29. The van der Waals surface area contributed by atoms with Crippen molar-refractivity contribution in [2.24, 2.45) is 0 Å². The van der Waals surface area contributed by atoms with Crippen molar-refractivity contribution >= 4 is 17.2 Å². The molecule has 3 rings (SSSR count). The van der Waals surface area contributed by atoms with Gasteiger partial charge in [0.2, 0.25) is 0 Å². The number of amides is 1. The first kappa shape index (κ1) is 14.1. The van der Waals surface area contributed by atoms with Crippen LogP contribution in [0.2, 0.25) is 0 Å². The highest BCUT2D eigenvalue weighted by atomic mass is 32.1.